The van der Waals surface area contributed by atoms with E-state index in [-0.39, 0.29) is 11.9 Å². The molecule has 1 radical (unpaired) electrons. The van der Waals surface area contributed by atoms with Gasteiger partial charge in [-0.05, 0) is 25.7 Å². The van der Waals surface area contributed by atoms with E-state index >= 15 is 0 Å². The van der Waals surface area contributed by atoms with Crippen molar-refractivity contribution in [3.63, 3.8) is 0 Å². The second kappa shape index (κ2) is 11.7. The van der Waals surface area contributed by atoms with Crippen molar-refractivity contribution in [2.24, 2.45) is 11.5 Å². The highest BCUT2D eigenvalue weighted by molar-refractivity contribution is 5.96. The number of nitrogens with zero attached hydrogens (tertiary/aromatic N) is 1. The van der Waals surface area contributed by atoms with Gasteiger partial charge >= 0.3 is 0 Å². The van der Waals surface area contributed by atoms with Crippen LogP contribution in [0.2, 0.25) is 0 Å². The minimum absolute atomic E-state index is 0.127. The van der Waals surface area contributed by atoms with E-state index < -0.39 is 11.9 Å². The number of guanidine groups is 1. The normalized spacial score (nSPS) is 11.5. The van der Waals surface area contributed by atoms with Gasteiger partial charge in [0.1, 0.15) is 0 Å². The number of nitrogens with one attached hydrogen (secondary N) is 2. The summed E-state index contributed by atoms with van der Waals surface area (Å²) in [4.78, 5) is 35.0. The van der Waals surface area contributed by atoms with E-state index in [1.54, 1.807) is 0 Å². The zero-order chi connectivity index (χ0) is 17.0. The summed E-state index contributed by atoms with van der Waals surface area (Å²) in [6, 6.07) is -0.749. The van der Waals surface area contributed by atoms with Crippen molar-refractivity contribution >= 4 is 24.1 Å². The fourth-order valence-electron chi connectivity index (χ4n) is 1.94. The van der Waals surface area contributed by atoms with Crippen LogP contribution in [0.5, 0.6) is 0 Å². The van der Waals surface area contributed by atoms with Crippen LogP contribution in [0, 0.1) is 5.41 Å². The molecule has 8 heteroatoms. The SMILES string of the molecule is CC(=O)N(CCCCC[C]=O)C(=O)[C@H](N)CCCNC(=N)N. The van der Waals surface area contributed by atoms with Gasteiger partial charge in [-0.15, -0.1) is 0 Å². The molecule has 2 amide bonds. The lowest BCUT2D eigenvalue weighted by molar-refractivity contribution is -0.144. The number of imide groups is 1. The third kappa shape index (κ3) is 9.06. The Hall–Kier alpha value is -1.96. The molecule has 0 saturated carbocycles. The maximum Gasteiger partial charge on any atom is 0.246 e. The lowest BCUT2D eigenvalue weighted by atomic mass is 10.1. The van der Waals surface area contributed by atoms with Crippen molar-refractivity contribution < 1.29 is 14.4 Å². The molecule has 0 aromatic rings. The second-order valence-corrected chi connectivity index (χ2v) is 5.05. The standard InChI is InChI=1S/C14H26N5O3/c1-11(21)19(9-4-2-3-5-10-20)13(22)12(15)7-6-8-18-14(16)17/h12H,2-9,15H2,1H3,(H4,16,17,18)/t12-/m1/s1. The monoisotopic (exact) mass is 312 g/mol. The van der Waals surface area contributed by atoms with Crippen LogP contribution in [-0.2, 0) is 14.4 Å². The quantitative estimate of drug-likeness (QED) is 0.233. The van der Waals surface area contributed by atoms with Crippen molar-refractivity contribution in [3.8, 4) is 0 Å². The summed E-state index contributed by atoms with van der Waals surface area (Å²) in [6.45, 7) is 2.10. The minimum Gasteiger partial charge on any atom is -0.370 e. The van der Waals surface area contributed by atoms with Crippen LogP contribution in [0.25, 0.3) is 0 Å². The van der Waals surface area contributed by atoms with Crippen molar-refractivity contribution in [1.82, 2.24) is 10.2 Å². The topological polar surface area (TPSA) is 142 Å². The largest absolute Gasteiger partial charge is 0.370 e. The van der Waals surface area contributed by atoms with E-state index in [4.69, 9.17) is 16.9 Å². The molecule has 0 fully saturated rings. The number of carbonyl (C=O) groups is 2. The van der Waals surface area contributed by atoms with Gasteiger partial charge in [0.05, 0.1) is 6.04 Å². The van der Waals surface area contributed by atoms with Crippen LogP contribution in [0.15, 0.2) is 0 Å². The molecule has 0 spiro atoms. The van der Waals surface area contributed by atoms with E-state index in [0.717, 1.165) is 11.3 Å². The van der Waals surface area contributed by atoms with Crippen molar-refractivity contribution in [1.29, 1.82) is 5.41 Å². The Labute approximate surface area is 131 Å². The van der Waals surface area contributed by atoms with E-state index in [0.29, 0.717) is 45.2 Å². The lowest BCUT2D eigenvalue weighted by Gasteiger charge is -2.22. The maximum atomic E-state index is 12.2. The van der Waals surface area contributed by atoms with Crippen molar-refractivity contribution in [2.75, 3.05) is 13.1 Å². The molecule has 125 valence electrons. The van der Waals surface area contributed by atoms with Gasteiger partial charge in [-0.1, -0.05) is 6.42 Å². The number of unbranched alkanes of at least 4 members (excludes halogenated alkanes) is 3. The fraction of sp³-hybridized carbons (Fsp3) is 0.714. The number of amides is 2. The van der Waals surface area contributed by atoms with Gasteiger partial charge < -0.3 is 16.8 Å². The summed E-state index contributed by atoms with van der Waals surface area (Å²) in [5.74, 6) is -0.848. The van der Waals surface area contributed by atoms with E-state index in [1.165, 1.54) is 6.92 Å². The first-order valence-corrected chi connectivity index (χ1v) is 7.40. The Morgan fingerprint density at radius 2 is 1.95 bits per heavy atom. The molecule has 0 aliphatic rings. The third-order valence-corrected chi connectivity index (χ3v) is 3.13. The fourth-order valence-corrected chi connectivity index (χ4v) is 1.94. The van der Waals surface area contributed by atoms with Gasteiger partial charge in [-0.2, -0.15) is 0 Å². The van der Waals surface area contributed by atoms with Crippen LogP contribution < -0.4 is 16.8 Å². The first kappa shape index (κ1) is 20.0. The molecule has 1 atom stereocenters. The minimum atomic E-state index is -0.749. The average Bonchev–Trinajstić information content (AvgIpc) is 2.45. The first-order valence-electron chi connectivity index (χ1n) is 7.40. The van der Waals surface area contributed by atoms with Gasteiger partial charge in [0.2, 0.25) is 11.8 Å². The number of nitrogens with two attached hydrogens (primary N) is 2. The molecule has 0 aromatic carbocycles. The Balaban J connectivity index is 4.18. The zero-order valence-electron chi connectivity index (χ0n) is 13.1. The molecule has 0 heterocycles. The molecule has 0 aromatic heterocycles. The summed E-state index contributed by atoms with van der Waals surface area (Å²) < 4.78 is 0. The van der Waals surface area contributed by atoms with Crippen LogP contribution in [0.4, 0.5) is 0 Å². The zero-order valence-corrected chi connectivity index (χ0v) is 13.1. The van der Waals surface area contributed by atoms with Crippen molar-refractivity contribution in [2.45, 2.75) is 51.5 Å². The molecule has 22 heavy (non-hydrogen) atoms. The predicted octanol–water partition coefficient (Wildman–Crippen LogP) is -0.378. The maximum absolute atomic E-state index is 12.2. The Morgan fingerprint density at radius 3 is 2.50 bits per heavy atom. The van der Waals surface area contributed by atoms with Gasteiger partial charge in [0, 0.05) is 26.4 Å². The Morgan fingerprint density at radius 1 is 1.27 bits per heavy atom. The number of carbonyl (C=O) groups excluding carboxylic acids is 3. The van der Waals surface area contributed by atoms with Crippen LogP contribution in [0.3, 0.4) is 0 Å². The predicted molar refractivity (Wildman–Crippen MR) is 83.7 cm³/mol. The average molecular weight is 312 g/mol. The third-order valence-electron chi connectivity index (χ3n) is 3.13. The van der Waals surface area contributed by atoms with Gasteiger partial charge in [0.15, 0.2) is 12.2 Å². The van der Waals surface area contributed by atoms with Gasteiger partial charge in [0.25, 0.3) is 0 Å². The highest BCUT2D eigenvalue weighted by Crippen LogP contribution is 2.05. The van der Waals surface area contributed by atoms with Gasteiger partial charge in [-0.3, -0.25) is 24.7 Å². The molecular weight excluding hydrogens is 286 g/mol. The van der Waals surface area contributed by atoms with Gasteiger partial charge in [-0.25, -0.2) is 0 Å². The molecule has 8 nitrogen and oxygen atoms in total. The van der Waals surface area contributed by atoms with E-state index in [2.05, 4.69) is 5.32 Å². The molecule has 0 rings (SSSR count). The Bertz CT molecular complexity index is 387. The highest BCUT2D eigenvalue weighted by Gasteiger charge is 2.23. The van der Waals surface area contributed by atoms with Crippen LogP contribution in [-0.4, -0.2) is 48.1 Å². The Kier molecular flexibility index (Phi) is 10.6. The summed E-state index contributed by atoms with van der Waals surface area (Å²) in [5.41, 5.74) is 11.0. The van der Waals surface area contributed by atoms with Crippen molar-refractivity contribution in [3.05, 3.63) is 0 Å². The molecule has 0 aliphatic carbocycles. The van der Waals surface area contributed by atoms with E-state index in [9.17, 15) is 14.4 Å². The molecule has 0 unspecified atom stereocenters. The summed E-state index contributed by atoms with van der Waals surface area (Å²) in [5, 5.41) is 9.63. The molecule has 0 bridgehead atoms. The lowest BCUT2D eigenvalue weighted by Crippen LogP contribution is -2.46. The van der Waals surface area contributed by atoms with Crippen LogP contribution >= 0.6 is 0 Å². The summed E-state index contributed by atoms with van der Waals surface area (Å²) in [6.07, 6.45) is 5.26. The summed E-state index contributed by atoms with van der Waals surface area (Å²) >= 11 is 0. The molecule has 6 N–H and O–H groups in total. The highest BCUT2D eigenvalue weighted by atomic mass is 16.2. The summed E-state index contributed by atoms with van der Waals surface area (Å²) in [7, 11) is 0. The number of hydrogen-bond donors (Lipinski definition) is 4. The number of rotatable bonds is 11. The second-order valence-electron chi connectivity index (χ2n) is 5.05. The van der Waals surface area contributed by atoms with Crippen LogP contribution in [0.1, 0.15) is 45.4 Å². The number of hydrogen-bond acceptors (Lipinski definition) is 5. The first-order chi connectivity index (χ1) is 10.4. The molecule has 0 aliphatic heterocycles. The van der Waals surface area contributed by atoms with E-state index in [1.807, 2.05) is 6.29 Å². The molecular formula is C14H26N5O3. The molecule has 0 saturated heterocycles. The smallest absolute Gasteiger partial charge is 0.246 e.